The molecular formula is C17H18N4O6S2. The zero-order valence-corrected chi connectivity index (χ0v) is 17.0. The fraction of sp³-hybridized carbons (Fsp3) is 0.118. The van der Waals surface area contributed by atoms with Gasteiger partial charge in [-0.05, 0) is 30.3 Å². The van der Waals surface area contributed by atoms with Crippen LogP contribution in [0.15, 0.2) is 64.9 Å². The van der Waals surface area contributed by atoms with Crippen molar-refractivity contribution >= 4 is 31.4 Å². The molecule has 2 aromatic carbocycles. The number of nitrogens with zero attached hydrogens (tertiary/aromatic N) is 2. The molecule has 12 heteroatoms. The summed E-state index contributed by atoms with van der Waals surface area (Å²) in [5.41, 5.74) is -0.0998. The van der Waals surface area contributed by atoms with Gasteiger partial charge in [0.1, 0.15) is 11.5 Å². The highest BCUT2D eigenvalue weighted by atomic mass is 32.2. The van der Waals surface area contributed by atoms with Crippen molar-refractivity contribution in [2.75, 3.05) is 16.6 Å². The fourth-order valence-electron chi connectivity index (χ4n) is 2.42. The van der Waals surface area contributed by atoms with Crippen LogP contribution in [0.4, 0.5) is 11.4 Å². The normalized spacial score (nSPS) is 11.8. The minimum absolute atomic E-state index is 0.207. The molecule has 0 aliphatic carbocycles. The first-order valence-electron chi connectivity index (χ1n) is 8.12. The van der Waals surface area contributed by atoms with Crippen LogP contribution in [0, 0.1) is 0 Å². The first-order chi connectivity index (χ1) is 13.6. The minimum Gasteiger partial charge on any atom is -0.506 e. The molecule has 3 N–H and O–H groups in total. The number of hydrogen-bond donors (Lipinski definition) is 3. The van der Waals surface area contributed by atoms with Gasteiger partial charge in [0.25, 0.3) is 20.0 Å². The van der Waals surface area contributed by atoms with E-state index in [0.717, 1.165) is 18.2 Å². The molecule has 0 atom stereocenters. The summed E-state index contributed by atoms with van der Waals surface area (Å²) >= 11 is 0. The number of phenolic OH excluding ortho intramolecular Hbond substituents is 1. The Morgan fingerprint density at radius 1 is 1.00 bits per heavy atom. The smallest absolute Gasteiger partial charge is 0.281 e. The summed E-state index contributed by atoms with van der Waals surface area (Å²) in [5.74, 6) is -0.133. The van der Waals surface area contributed by atoms with Crippen molar-refractivity contribution in [2.45, 2.75) is 9.92 Å². The third-order valence-electron chi connectivity index (χ3n) is 3.83. The van der Waals surface area contributed by atoms with Gasteiger partial charge in [0, 0.05) is 13.2 Å². The Bertz CT molecular complexity index is 1250. The van der Waals surface area contributed by atoms with E-state index in [1.807, 2.05) is 0 Å². The molecule has 0 fully saturated rings. The number of aromatic hydroxyl groups is 1. The largest absolute Gasteiger partial charge is 0.506 e. The number of sulfonamides is 2. The number of anilines is 2. The third kappa shape index (κ3) is 4.43. The second kappa shape index (κ2) is 7.64. The number of imidazole rings is 1. The Morgan fingerprint density at radius 2 is 1.69 bits per heavy atom. The predicted octanol–water partition coefficient (Wildman–Crippen LogP) is 1.74. The Morgan fingerprint density at radius 3 is 2.34 bits per heavy atom. The minimum atomic E-state index is -4.12. The summed E-state index contributed by atoms with van der Waals surface area (Å²) in [4.78, 5) is 3.48. The SMILES string of the molecule is COc1ccccc1NS(=O)(=O)c1ccc(O)c(NS(=O)(=O)c2cn(C)cn2)c1. The molecule has 0 aliphatic heterocycles. The molecule has 0 radical (unpaired) electrons. The third-order valence-corrected chi connectivity index (χ3v) is 6.44. The Hall–Kier alpha value is -3.25. The predicted molar refractivity (Wildman–Crippen MR) is 106 cm³/mol. The molecule has 0 aliphatic rings. The first kappa shape index (κ1) is 20.5. The van der Waals surface area contributed by atoms with Gasteiger partial charge in [-0.2, -0.15) is 8.42 Å². The van der Waals surface area contributed by atoms with Gasteiger partial charge >= 0.3 is 0 Å². The molecule has 3 aromatic rings. The standard InChI is InChI=1S/C17H18N4O6S2/c1-21-10-17(18-11-21)29(25,26)20-14-9-12(7-8-15(14)22)28(23,24)19-13-5-3-4-6-16(13)27-2/h3-11,19-20,22H,1-2H3. The monoisotopic (exact) mass is 438 g/mol. The molecule has 0 spiro atoms. The van der Waals surface area contributed by atoms with E-state index in [4.69, 9.17) is 4.74 Å². The number of aromatic nitrogens is 2. The summed E-state index contributed by atoms with van der Waals surface area (Å²) in [7, 11) is -5.22. The lowest BCUT2D eigenvalue weighted by atomic mass is 10.3. The van der Waals surface area contributed by atoms with Crippen molar-refractivity contribution < 1.29 is 26.7 Å². The molecule has 1 heterocycles. The number of benzene rings is 2. The lowest BCUT2D eigenvalue weighted by Gasteiger charge is -2.13. The summed E-state index contributed by atoms with van der Waals surface area (Å²) in [6.45, 7) is 0. The van der Waals surface area contributed by atoms with Crippen LogP contribution in [0.5, 0.6) is 11.5 Å². The quantitative estimate of drug-likeness (QED) is 0.477. The van der Waals surface area contributed by atoms with Crippen LogP contribution < -0.4 is 14.2 Å². The Kier molecular flexibility index (Phi) is 5.40. The van der Waals surface area contributed by atoms with Gasteiger partial charge in [-0.25, -0.2) is 13.4 Å². The number of phenols is 1. The van der Waals surface area contributed by atoms with Gasteiger partial charge in [-0.15, -0.1) is 0 Å². The molecular weight excluding hydrogens is 420 g/mol. The van der Waals surface area contributed by atoms with Crippen LogP contribution in [0.1, 0.15) is 0 Å². The molecule has 0 saturated heterocycles. The van der Waals surface area contributed by atoms with Crippen molar-refractivity contribution in [3.05, 3.63) is 55.0 Å². The highest BCUT2D eigenvalue weighted by Gasteiger charge is 2.22. The second-order valence-electron chi connectivity index (χ2n) is 5.97. The average Bonchev–Trinajstić information content (AvgIpc) is 3.11. The summed E-state index contributed by atoms with van der Waals surface area (Å²) < 4.78 is 61.4. The number of hydrogen-bond acceptors (Lipinski definition) is 7. The van der Waals surface area contributed by atoms with Crippen LogP contribution in [0.2, 0.25) is 0 Å². The number of methoxy groups -OCH3 is 1. The van der Waals surface area contributed by atoms with E-state index in [2.05, 4.69) is 14.4 Å². The van der Waals surface area contributed by atoms with E-state index in [9.17, 15) is 21.9 Å². The lowest BCUT2D eigenvalue weighted by molar-refractivity contribution is 0.417. The van der Waals surface area contributed by atoms with Gasteiger partial charge in [0.15, 0.2) is 5.03 Å². The van der Waals surface area contributed by atoms with E-state index in [1.165, 1.54) is 30.3 Å². The second-order valence-corrected chi connectivity index (χ2v) is 9.28. The maximum atomic E-state index is 12.7. The van der Waals surface area contributed by atoms with Gasteiger partial charge in [-0.1, -0.05) is 12.1 Å². The van der Waals surface area contributed by atoms with E-state index in [-0.39, 0.29) is 21.3 Å². The van der Waals surface area contributed by atoms with Crippen LogP contribution in [-0.4, -0.2) is 38.6 Å². The molecule has 0 bridgehead atoms. The first-order valence-corrected chi connectivity index (χ1v) is 11.1. The van der Waals surface area contributed by atoms with E-state index in [0.29, 0.717) is 5.75 Å². The molecule has 3 rings (SSSR count). The fourth-order valence-corrected chi connectivity index (χ4v) is 4.57. The Labute approximate surface area is 167 Å². The molecule has 0 unspecified atom stereocenters. The highest BCUT2D eigenvalue weighted by molar-refractivity contribution is 7.93. The Balaban J connectivity index is 1.94. The van der Waals surface area contributed by atoms with Crippen molar-refractivity contribution in [1.29, 1.82) is 0 Å². The number of para-hydroxylation sites is 2. The van der Waals surface area contributed by atoms with Crippen LogP contribution in [0.25, 0.3) is 0 Å². The molecule has 154 valence electrons. The number of aryl methyl sites for hydroxylation is 1. The van der Waals surface area contributed by atoms with E-state index in [1.54, 1.807) is 25.2 Å². The van der Waals surface area contributed by atoms with Crippen molar-refractivity contribution in [3.8, 4) is 11.5 Å². The van der Waals surface area contributed by atoms with Crippen molar-refractivity contribution in [3.63, 3.8) is 0 Å². The molecule has 1 aromatic heterocycles. The summed E-state index contributed by atoms with van der Waals surface area (Å²) in [6, 6.07) is 9.64. The van der Waals surface area contributed by atoms with Gasteiger partial charge in [-0.3, -0.25) is 9.44 Å². The van der Waals surface area contributed by atoms with Crippen LogP contribution in [-0.2, 0) is 27.1 Å². The van der Waals surface area contributed by atoms with Gasteiger partial charge in [0.2, 0.25) is 0 Å². The number of nitrogens with one attached hydrogen (secondary N) is 2. The van der Waals surface area contributed by atoms with Crippen molar-refractivity contribution in [2.24, 2.45) is 7.05 Å². The number of ether oxygens (including phenoxy) is 1. The zero-order valence-electron chi connectivity index (χ0n) is 15.4. The van der Waals surface area contributed by atoms with Crippen molar-refractivity contribution in [1.82, 2.24) is 9.55 Å². The van der Waals surface area contributed by atoms with E-state index >= 15 is 0 Å². The summed E-state index contributed by atoms with van der Waals surface area (Å²) in [5, 5.41) is 9.72. The lowest BCUT2D eigenvalue weighted by Crippen LogP contribution is -2.16. The average molecular weight is 438 g/mol. The van der Waals surface area contributed by atoms with Gasteiger partial charge < -0.3 is 14.4 Å². The summed E-state index contributed by atoms with van der Waals surface area (Å²) in [6.07, 6.45) is 2.57. The molecule has 0 saturated carbocycles. The molecule has 29 heavy (non-hydrogen) atoms. The topological polar surface area (TPSA) is 140 Å². The van der Waals surface area contributed by atoms with Crippen LogP contribution >= 0.6 is 0 Å². The zero-order chi connectivity index (χ0) is 21.2. The van der Waals surface area contributed by atoms with Crippen LogP contribution in [0.3, 0.4) is 0 Å². The van der Waals surface area contributed by atoms with Gasteiger partial charge in [0.05, 0.1) is 29.7 Å². The number of rotatable bonds is 7. The maximum absolute atomic E-state index is 12.7. The molecule has 0 amide bonds. The maximum Gasteiger partial charge on any atom is 0.281 e. The highest BCUT2D eigenvalue weighted by Crippen LogP contribution is 2.31. The van der Waals surface area contributed by atoms with E-state index < -0.39 is 25.8 Å². The molecule has 10 nitrogen and oxygen atoms in total.